The molecule has 2 rings (SSSR count). The second-order valence-corrected chi connectivity index (χ2v) is 6.18. The van der Waals surface area contributed by atoms with Crippen LogP contribution in [0.25, 0.3) is 0 Å². The number of fused-ring (bicyclic) bond motifs is 1. The van der Waals surface area contributed by atoms with E-state index in [1.54, 1.807) is 19.1 Å². The van der Waals surface area contributed by atoms with E-state index in [-0.39, 0.29) is 11.1 Å². The summed E-state index contributed by atoms with van der Waals surface area (Å²) in [5.74, 6) is -1.51. The second kappa shape index (κ2) is 4.75. The molecule has 0 saturated carbocycles. The Morgan fingerprint density at radius 1 is 1.16 bits per heavy atom. The molecule has 19 heavy (non-hydrogen) atoms. The van der Waals surface area contributed by atoms with Crippen LogP contribution in [0.15, 0.2) is 24.3 Å². The van der Waals surface area contributed by atoms with Gasteiger partial charge in [0.05, 0.1) is 16.4 Å². The van der Waals surface area contributed by atoms with Crippen molar-refractivity contribution in [1.82, 2.24) is 5.06 Å². The van der Waals surface area contributed by atoms with Crippen molar-refractivity contribution in [2.75, 3.05) is 0 Å². The predicted molar refractivity (Wildman–Crippen MR) is 66.7 cm³/mol. The van der Waals surface area contributed by atoms with Crippen molar-refractivity contribution in [1.29, 1.82) is 0 Å². The van der Waals surface area contributed by atoms with Gasteiger partial charge in [0.2, 0.25) is 0 Å². The van der Waals surface area contributed by atoms with Crippen molar-refractivity contribution in [3.05, 3.63) is 35.4 Å². The first-order valence-electron chi connectivity index (χ1n) is 5.79. The maximum atomic E-state index is 11.9. The first kappa shape index (κ1) is 13.7. The van der Waals surface area contributed by atoms with Crippen molar-refractivity contribution < 1.29 is 22.3 Å². The van der Waals surface area contributed by atoms with Gasteiger partial charge < -0.3 is 0 Å². The molecule has 1 aromatic carbocycles. The van der Waals surface area contributed by atoms with Gasteiger partial charge in [0.25, 0.3) is 21.9 Å². The molecule has 0 fully saturated rings. The second-order valence-electron chi connectivity index (χ2n) is 4.24. The average Bonchev–Trinajstić information content (AvgIpc) is 2.63. The fourth-order valence-electron chi connectivity index (χ4n) is 1.62. The molecular weight excluding hydrogens is 270 g/mol. The van der Waals surface area contributed by atoms with Gasteiger partial charge in [-0.15, -0.1) is 9.35 Å². The molecule has 0 saturated heterocycles. The van der Waals surface area contributed by atoms with Gasteiger partial charge in [-0.3, -0.25) is 9.59 Å². The third kappa shape index (κ3) is 2.26. The van der Waals surface area contributed by atoms with Crippen LogP contribution in [-0.4, -0.2) is 30.5 Å². The molecule has 0 N–H and O–H groups in total. The summed E-state index contributed by atoms with van der Waals surface area (Å²) in [6, 6.07) is 6.09. The highest BCUT2D eigenvalue weighted by Crippen LogP contribution is 2.24. The quantitative estimate of drug-likeness (QED) is 0.779. The highest BCUT2D eigenvalue weighted by molar-refractivity contribution is 7.87. The van der Waals surface area contributed by atoms with E-state index in [1.807, 2.05) is 0 Å². The molecule has 102 valence electrons. The number of carbonyl (C=O) groups excluding carboxylic acids is 2. The van der Waals surface area contributed by atoms with Crippen molar-refractivity contribution >= 4 is 21.9 Å². The number of imide groups is 1. The van der Waals surface area contributed by atoms with Crippen LogP contribution in [0.4, 0.5) is 0 Å². The minimum Gasteiger partial charge on any atom is -0.266 e. The van der Waals surface area contributed by atoms with Crippen molar-refractivity contribution in [2.45, 2.75) is 25.5 Å². The molecule has 7 heteroatoms. The lowest BCUT2D eigenvalue weighted by atomic mass is 10.1. The Morgan fingerprint density at radius 2 is 1.63 bits per heavy atom. The zero-order chi connectivity index (χ0) is 14.2. The summed E-state index contributed by atoms with van der Waals surface area (Å²) in [5, 5.41) is -0.483. The van der Waals surface area contributed by atoms with E-state index in [4.69, 9.17) is 0 Å². The average molecular weight is 283 g/mol. The van der Waals surface area contributed by atoms with Gasteiger partial charge in [-0.05, 0) is 25.5 Å². The summed E-state index contributed by atoms with van der Waals surface area (Å²) >= 11 is 0. The van der Waals surface area contributed by atoms with Crippen LogP contribution in [0.1, 0.15) is 41.0 Å². The zero-order valence-corrected chi connectivity index (χ0v) is 11.3. The van der Waals surface area contributed by atoms with Crippen LogP contribution < -0.4 is 0 Å². The Bertz CT molecular complexity index is 602. The van der Waals surface area contributed by atoms with E-state index in [0.29, 0.717) is 11.5 Å². The van der Waals surface area contributed by atoms with Gasteiger partial charge in [-0.1, -0.05) is 19.1 Å². The van der Waals surface area contributed by atoms with Gasteiger partial charge in [0.1, 0.15) is 0 Å². The highest BCUT2D eigenvalue weighted by Gasteiger charge is 2.40. The Labute approximate surface area is 111 Å². The SMILES string of the molecule is CCC(C)S(=O)(=O)ON1C(=O)c2ccccc2C1=O. The lowest BCUT2D eigenvalue weighted by Crippen LogP contribution is -2.35. The molecule has 1 aliphatic rings. The minimum absolute atomic E-state index is 0.145. The highest BCUT2D eigenvalue weighted by atomic mass is 32.2. The fraction of sp³-hybridized carbons (Fsp3) is 0.333. The molecule has 1 aromatic rings. The summed E-state index contributed by atoms with van der Waals surface area (Å²) < 4.78 is 28.2. The van der Waals surface area contributed by atoms with E-state index >= 15 is 0 Å². The van der Waals surface area contributed by atoms with Crippen molar-refractivity contribution in [2.24, 2.45) is 0 Å². The molecule has 0 radical (unpaired) electrons. The number of benzene rings is 1. The summed E-state index contributed by atoms with van der Waals surface area (Å²) in [4.78, 5) is 23.8. The van der Waals surface area contributed by atoms with Gasteiger partial charge in [-0.2, -0.15) is 8.42 Å². The standard InChI is InChI=1S/C12H13NO5S/c1-3-8(2)19(16,17)18-13-11(14)9-6-4-5-7-10(9)12(13)15/h4-8H,3H2,1-2H3. The summed E-state index contributed by atoms with van der Waals surface area (Å²) in [5.41, 5.74) is 0.290. The van der Waals surface area contributed by atoms with Crippen LogP contribution >= 0.6 is 0 Å². The Hall–Kier alpha value is -1.73. The molecule has 2 amide bonds. The number of hydroxylamine groups is 2. The molecule has 0 aromatic heterocycles. The molecular formula is C12H13NO5S. The lowest BCUT2D eigenvalue weighted by molar-refractivity contribution is -0.0110. The summed E-state index contributed by atoms with van der Waals surface area (Å²) in [6.07, 6.45) is 0.325. The topological polar surface area (TPSA) is 80.8 Å². The molecule has 0 spiro atoms. The van der Waals surface area contributed by atoms with Crippen LogP contribution in [0.5, 0.6) is 0 Å². The number of amides is 2. The zero-order valence-electron chi connectivity index (χ0n) is 10.5. The van der Waals surface area contributed by atoms with E-state index < -0.39 is 27.2 Å². The Morgan fingerprint density at radius 3 is 2.05 bits per heavy atom. The number of hydrogen-bond acceptors (Lipinski definition) is 5. The largest absolute Gasteiger partial charge is 0.291 e. The minimum atomic E-state index is -3.99. The molecule has 1 heterocycles. The summed E-state index contributed by atoms with van der Waals surface area (Å²) in [6.45, 7) is 3.13. The van der Waals surface area contributed by atoms with Crippen LogP contribution in [0.2, 0.25) is 0 Å². The maximum Gasteiger partial charge on any atom is 0.291 e. The number of nitrogens with zero attached hydrogens (tertiary/aromatic N) is 1. The van der Waals surface area contributed by atoms with Crippen LogP contribution in [-0.2, 0) is 14.4 Å². The van der Waals surface area contributed by atoms with Gasteiger partial charge >= 0.3 is 0 Å². The lowest BCUT2D eigenvalue weighted by Gasteiger charge is -2.15. The Balaban J connectivity index is 2.31. The third-order valence-corrected chi connectivity index (χ3v) is 4.68. The Kier molecular flexibility index (Phi) is 3.42. The van der Waals surface area contributed by atoms with Crippen molar-refractivity contribution in [3.63, 3.8) is 0 Å². The maximum absolute atomic E-state index is 11.9. The van der Waals surface area contributed by atoms with Crippen LogP contribution in [0, 0.1) is 0 Å². The first-order valence-corrected chi connectivity index (χ1v) is 7.27. The smallest absolute Gasteiger partial charge is 0.266 e. The molecule has 0 bridgehead atoms. The number of carbonyl (C=O) groups is 2. The number of rotatable bonds is 4. The van der Waals surface area contributed by atoms with E-state index in [1.165, 1.54) is 19.1 Å². The number of hydrogen-bond donors (Lipinski definition) is 0. The third-order valence-electron chi connectivity index (χ3n) is 3.00. The van der Waals surface area contributed by atoms with E-state index in [9.17, 15) is 18.0 Å². The fourth-order valence-corrected chi connectivity index (χ4v) is 2.51. The normalized spacial score (nSPS) is 16.6. The molecule has 0 aliphatic carbocycles. The van der Waals surface area contributed by atoms with Gasteiger partial charge in [0.15, 0.2) is 0 Å². The summed E-state index contributed by atoms with van der Waals surface area (Å²) in [7, 11) is -3.99. The van der Waals surface area contributed by atoms with Gasteiger partial charge in [0, 0.05) is 0 Å². The molecule has 1 unspecified atom stereocenters. The molecule has 6 nitrogen and oxygen atoms in total. The predicted octanol–water partition coefficient (Wildman–Crippen LogP) is 1.34. The van der Waals surface area contributed by atoms with Gasteiger partial charge in [-0.25, -0.2) is 0 Å². The molecule has 1 aliphatic heterocycles. The monoisotopic (exact) mass is 283 g/mol. The first-order chi connectivity index (χ1) is 8.88. The molecule has 1 atom stereocenters. The van der Waals surface area contributed by atoms with Crippen molar-refractivity contribution in [3.8, 4) is 0 Å². The van der Waals surface area contributed by atoms with E-state index in [0.717, 1.165) is 0 Å². The van der Waals surface area contributed by atoms with E-state index in [2.05, 4.69) is 4.28 Å². The van der Waals surface area contributed by atoms with Crippen LogP contribution in [0.3, 0.4) is 0 Å².